The fourth-order valence-corrected chi connectivity index (χ4v) is 4.33. The van der Waals surface area contributed by atoms with Crippen LogP contribution in [0.4, 0.5) is 5.69 Å². The predicted octanol–water partition coefficient (Wildman–Crippen LogP) is 4.74. The van der Waals surface area contributed by atoms with Crippen molar-refractivity contribution in [2.24, 2.45) is 0 Å². The van der Waals surface area contributed by atoms with Gasteiger partial charge < -0.3 is 19.3 Å². The minimum atomic E-state index is -1.04. The van der Waals surface area contributed by atoms with Gasteiger partial charge in [0.1, 0.15) is 5.75 Å². The van der Waals surface area contributed by atoms with E-state index in [4.69, 9.17) is 26.4 Å². The zero-order chi connectivity index (χ0) is 23.3. The van der Waals surface area contributed by atoms with Crippen LogP contribution in [0.5, 0.6) is 17.2 Å². The summed E-state index contributed by atoms with van der Waals surface area (Å²) in [5.74, 6) is 0.0966. The number of rotatable bonds is 9. The molecule has 2 aromatic carbocycles. The van der Waals surface area contributed by atoms with Crippen molar-refractivity contribution in [3.63, 3.8) is 0 Å². The Balaban J connectivity index is 1.88. The van der Waals surface area contributed by atoms with E-state index < -0.39 is 12.1 Å². The summed E-state index contributed by atoms with van der Waals surface area (Å²) >= 11 is 6.64. The minimum Gasteiger partial charge on any atom is -0.497 e. The van der Waals surface area contributed by atoms with E-state index in [1.165, 1.54) is 16.7 Å². The van der Waals surface area contributed by atoms with Crippen LogP contribution in [0, 0.1) is 0 Å². The van der Waals surface area contributed by atoms with Gasteiger partial charge in [0, 0.05) is 6.07 Å². The molecule has 2 aromatic rings. The summed E-state index contributed by atoms with van der Waals surface area (Å²) < 4.78 is 16.9. The number of carbonyl (C=O) groups excluding carboxylic acids is 1. The first-order chi connectivity index (χ1) is 15.4. The van der Waals surface area contributed by atoms with E-state index in [0.717, 1.165) is 0 Å². The Bertz CT molecular complexity index is 1070. The van der Waals surface area contributed by atoms with Crippen molar-refractivity contribution < 1.29 is 28.9 Å². The molecule has 0 spiro atoms. The average molecular weight is 474 g/mol. The van der Waals surface area contributed by atoms with Gasteiger partial charge in [-0.3, -0.25) is 9.69 Å². The highest BCUT2D eigenvalue weighted by Gasteiger charge is 2.33. The summed E-state index contributed by atoms with van der Waals surface area (Å²) in [4.78, 5) is 26.3. The summed E-state index contributed by atoms with van der Waals surface area (Å²) in [6, 6.07) is 12.2. The Morgan fingerprint density at radius 1 is 1.22 bits per heavy atom. The van der Waals surface area contributed by atoms with Crippen LogP contribution in [0.15, 0.2) is 47.4 Å². The van der Waals surface area contributed by atoms with Crippen LogP contribution in [-0.2, 0) is 9.59 Å². The van der Waals surface area contributed by atoms with E-state index in [1.807, 2.05) is 6.92 Å². The second-order valence-electron chi connectivity index (χ2n) is 6.71. The van der Waals surface area contributed by atoms with Gasteiger partial charge in [-0.25, -0.2) is 4.79 Å². The number of methoxy groups -OCH3 is 1. The monoisotopic (exact) mass is 473 g/mol. The number of carboxylic acid groups (broad SMARTS) is 1. The van der Waals surface area contributed by atoms with Crippen LogP contribution in [0.2, 0.25) is 0 Å². The number of thioether (sulfide) groups is 1. The number of thiocarbonyl (C=S) groups is 1. The van der Waals surface area contributed by atoms with Crippen molar-refractivity contribution >= 4 is 51.9 Å². The number of nitrogens with zero attached hydrogens (tertiary/aromatic N) is 1. The first kappa shape index (κ1) is 23.6. The van der Waals surface area contributed by atoms with Crippen molar-refractivity contribution in [1.82, 2.24) is 0 Å². The Labute approximate surface area is 196 Å². The highest BCUT2D eigenvalue weighted by molar-refractivity contribution is 8.27. The van der Waals surface area contributed by atoms with Crippen LogP contribution in [0.3, 0.4) is 0 Å². The minimum absolute atomic E-state index is 0.233. The van der Waals surface area contributed by atoms with Crippen LogP contribution in [-0.4, -0.2) is 41.1 Å². The lowest BCUT2D eigenvalue weighted by molar-refractivity contribution is -0.145. The second-order valence-corrected chi connectivity index (χ2v) is 8.39. The molecular formula is C23H23NO6S2. The molecule has 1 aliphatic rings. The largest absolute Gasteiger partial charge is 0.497 e. The van der Waals surface area contributed by atoms with Gasteiger partial charge in [-0.05, 0) is 49.2 Å². The van der Waals surface area contributed by atoms with E-state index in [2.05, 4.69) is 0 Å². The number of carbonyl (C=O) groups is 2. The molecule has 1 unspecified atom stereocenters. The molecule has 1 fully saturated rings. The highest BCUT2D eigenvalue weighted by atomic mass is 32.2. The molecule has 1 atom stereocenters. The molecule has 32 heavy (non-hydrogen) atoms. The predicted molar refractivity (Wildman–Crippen MR) is 129 cm³/mol. The molecule has 1 amide bonds. The Morgan fingerprint density at radius 2 is 2.00 bits per heavy atom. The van der Waals surface area contributed by atoms with Crippen molar-refractivity contribution in [3.05, 3.63) is 52.9 Å². The van der Waals surface area contributed by atoms with Gasteiger partial charge in [0.05, 0.1) is 24.3 Å². The lowest BCUT2D eigenvalue weighted by Crippen LogP contribution is -2.27. The third-order valence-corrected chi connectivity index (χ3v) is 5.89. The molecule has 0 aromatic heterocycles. The zero-order valence-electron chi connectivity index (χ0n) is 17.9. The van der Waals surface area contributed by atoms with Gasteiger partial charge in [0.15, 0.2) is 21.9 Å². The van der Waals surface area contributed by atoms with Gasteiger partial charge in [-0.2, -0.15) is 0 Å². The van der Waals surface area contributed by atoms with E-state index in [1.54, 1.807) is 62.6 Å². The summed E-state index contributed by atoms with van der Waals surface area (Å²) in [5, 5.41) is 9.27. The maximum atomic E-state index is 13.0. The third-order valence-electron chi connectivity index (χ3n) is 4.59. The van der Waals surface area contributed by atoms with E-state index in [-0.39, 0.29) is 5.91 Å². The second kappa shape index (κ2) is 10.5. The van der Waals surface area contributed by atoms with Gasteiger partial charge in [0.25, 0.3) is 5.91 Å². The molecule has 0 aliphatic carbocycles. The van der Waals surface area contributed by atoms with Gasteiger partial charge in [0.2, 0.25) is 0 Å². The number of benzene rings is 2. The lowest BCUT2D eigenvalue weighted by atomic mass is 10.1. The molecule has 0 saturated carbocycles. The van der Waals surface area contributed by atoms with Crippen molar-refractivity contribution in [2.45, 2.75) is 26.4 Å². The number of aliphatic carboxylic acids is 1. The molecule has 3 rings (SSSR count). The Morgan fingerprint density at radius 3 is 2.66 bits per heavy atom. The number of anilines is 1. The summed E-state index contributed by atoms with van der Waals surface area (Å²) in [5.41, 5.74) is 1.34. The molecule has 7 nitrogen and oxygen atoms in total. The summed E-state index contributed by atoms with van der Waals surface area (Å²) in [6.45, 7) is 3.93. The van der Waals surface area contributed by atoms with Gasteiger partial charge >= 0.3 is 5.97 Å². The smallest absolute Gasteiger partial charge is 0.344 e. The first-order valence-electron chi connectivity index (χ1n) is 9.96. The quantitative estimate of drug-likeness (QED) is 0.413. The lowest BCUT2D eigenvalue weighted by Gasteiger charge is -2.17. The van der Waals surface area contributed by atoms with Crippen LogP contribution < -0.4 is 19.1 Å². The van der Waals surface area contributed by atoms with Crippen molar-refractivity contribution in [2.75, 3.05) is 18.6 Å². The van der Waals surface area contributed by atoms with Crippen LogP contribution in [0.1, 0.15) is 25.8 Å². The maximum absolute atomic E-state index is 13.0. The maximum Gasteiger partial charge on any atom is 0.344 e. The standard InChI is InChI=1S/C23H23NO6S2/c1-4-17(22(26)27)30-18-10-9-14(11-19(18)29-5-2)12-20-21(25)24(23(31)32-20)15-7-6-8-16(13-15)28-3/h6-13,17H,4-5H2,1-3H3,(H,26,27)/b20-12+. The van der Waals surface area contributed by atoms with Gasteiger partial charge in [-0.15, -0.1) is 0 Å². The Hall–Kier alpha value is -3.04. The number of carboxylic acids is 1. The molecule has 9 heteroatoms. The van der Waals surface area contributed by atoms with E-state index >= 15 is 0 Å². The molecule has 168 valence electrons. The Kier molecular flexibility index (Phi) is 7.76. The number of ether oxygens (including phenoxy) is 3. The normalized spacial score (nSPS) is 15.7. The van der Waals surface area contributed by atoms with Crippen molar-refractivity contribution in [3.8, 4) is 17.2 Å². The molecule has 1 heterocycles. The number of hydrogen-bond donors (Lipinski definition) is 1. The number of hydrogen-bond acceptors (Lipinski definition) is 7. The summed E-state index contributed by atoms with van der Waals surface area (Å²) in [7, 11) is 1.56. The average Bonchev–Trinajstić information content (AvgIpc) is 3.05. The molecule has 0 bridgehead atoms. The molecule has 1 N–H and O–H groups in total. The topological polar surface area (TPSA) is 85.3 Å². The molecule has 0 radical (unpaired) electrons. The molecule has 1 saturated heterocycles. The van der Waals surface area contributed by atoms with E-state index in [0.29, 0.717) is 50.8 Å². The fraction of sp³-hybridized carbons (Fsp3) is 0.261. The van der Waals surface area contributed by atoms with Crippen molar-refractivity contribution in [1.29, 1.82) is 0 Å². The fourth-order valence-electron chi connectivity index (χ4n) is 3.03. The van der Waals surface area contributed by atoms with E-state index in [9.17, 15) is 14.7 Å². The zero-order valence-corrected chi connectivity index (χ0v) is 19.5. The molecule has 1 aliphatic heterocycles. The SMILES string of the molecule is CCOc1cc(/C=C2/SC(=S)N(c3cccc(OC)c3)C2=O)ccc1OC(CC)C(=O)O. The summed E-state index contributed by atoms with van der Waals surface area (Å²) in [6.07, 6.45) is 1.06. The molecular weight excluding hydrogens is 450 g/mol. The third kappa shape index (κ3) is 5.23. The number of amides is 1. The van der Waals surface area contributed by atoms with Gasteiger partial charge in [-0.1, -0.05) is 43.0 Å². The van der Waals surface area contributed by atoms with Crippen LogP contribution >= 0.6 is 24.0 Å². The highest BCUT2D eigenvalue weighted by Crippen LogP contribution is 2.38. The van der Waals surface area contributed by atoms with Crippen LogP contribution in [0.25, 0.3) is 6.08 Å². The first-order valence-corrected chi connectivity index (χ1v) is 11.2.